The van der Waals surface area contributed by atoms with Crippen molar-refractivity contribution in [3.05, 3.63) is 48.0 Å². The van der Waals surface area contributed by atoms with Crippen LogP contribution in [0.2, 0.25) is 0 Å². The zero-order valence-corrected chi connectivity index (χ0v) is 12.2. The van der Waals surface area contributed by atoms with Gasteiger partial charge in [0.15, 0.2) is 0 Å². The van der Waals surface area contributed by atoms with Crippen molar-refractivity contribution in [1.29, 1.82) is 0 Å². The monoisotopic (exact) mass is 291 g/mol. The molecule has 0 fully saturated rings. The smallest absolute Gasteiger partial charge is 0.253 e. The lowest BCUT2D eigenvalue weighted by molar-refractivity contribution is 0.0367. The molecular formula is C15H18FN3O2. The first-order valence-corrected chi connectivity index (χ1v) is 6.55. The summed E-state index contributed by atoms with van der Waals surface area (Å²) in [6, 6.07) is 5.92. The van der Waals surface area contributed by atoms with E-state index in [-0.39, 0.29) is 23.7 Å². The number of amides is 1. The van der Waals surface area contributed by atoms with E-state index in [0.29, 0.717) is 0 Å². The second-order valence-electron chi connectivity index (χ2n) is 5.59. The summed E-state index contributed by atoms with van der Waals surface area (Å²) < 4.78 is 15.5. The average Bonchev–Trinajstić information content (AvgIpc) is 2.89. The van der Waals surface area contributed by atoms with Gasteiger partial charge in [-0.15, -0.1) is 0 Å². The number of rotatable bonds is 4. The minimum absolute atomic E-state index is 0.161. The van der Waals surface area contributed by atoms with E-state index in [0.717, 1.165) is 0 Å². The van der Waals surface area contributed by atoms with Crippen LogP contribution in [0.5, 0.6) is 0 Å². The second kappa shape index (κ2) is 5.65. The molecular weight excluding hydrogens is 273 g/mol. The Labute approximate surface area is 122 Å². The van der Waals surface area contributed by atoms with Crippen LogP contribution in [0.3, 0.4) is 0 Å². The van der Waals surface area contributed by atoms with Crippen molar-refractivity contribution in [3.8, 4) is 5.69 Å². The highest BCUT2D eigenvalue weighted by Crippen LogP contribution is 2.16. The van der Waals surface area contributed by atoms with E-state index in [9.17, 15) is 14.3 Å². The number of carbonyl (C=O) groups excluding carboxylic acids is 1. The molecule has 0 unspecified atom stereocenters. The van der Waals surface area contributed by atoms with Crippen LogP contribution in [0.25, 0.3) is 5.69 Å². The number of aromatic nitrogens is 2. The second-order valence-corrected chi connectivity index (χ2v) is 5.59. The van der Waals surface area contributed by atoms with Crippen LogP contribution < -0.4 is 0 Å². The number of hydrogen-bond acceptors (Lipinski definition) is 3. The van der Waals surface area contributed by atoms with Crippen LogP contribution in [0, 0.1) is 5.82 Å². The lowest BCUT2D eigenvalue weighted by Gasteiger charge is -2.25. The Kier molecular flexibility index (Phi) is 4.09. The van der Waals surface area contributed by atoms with Gasteiger partial charge in [-0.3, -0.25) is 4.79 Å². The van der Waals surface area contributed by atoms with Crippen LogP contribution in [-0.2, 0) is 0 Å². The van der Waals surface area contributed by atoms with Gasteiger partial charge in [-0.2, -0.15) is 5.10 Å². The summed E-state index contributed by atoms with van der Waals surface area (Å²) in [5.74, 6) is -0.871. The van der Waals surface area contributed by atoms with Crippen molar-refractivity contribution in [1.82, 2.24) is 14.7 Å². The van der Waals surface area contributed by atoms with Gasteiger partial charge in [0.2, 0.25) is 0 Å². The van der Waals surface area contributed by atoms with E-state index in [1.54, 1.807) is 45.4 Å². The third kappa shape index (κ3) is 3.66. The lowest BCUT2D eigenvalue weighted by atomic mass is 10.1. The minimum atomic E-state index is -1.00. The number of aliphatic hydroxyl groups is 1. The highest BCUT2D eigenvalue weighted by atomic mass is 19.1. The number of likely N-dealkylation sites (N-methyl/N-ethyl adjacent to an activating group) is 1. The zero-order chi connectivity index (χ0) is 15.6. The predicted octanol–water partition coefficient (Wildman–Crippen LogP) is 1.85. The maximum Gasteiger partial charge on any atom is 0.253 e. The summed E-state index contributed by atoms with van der Waals surface area (Å²) in [7, 11) is 1.57. The van der Waals surface area contributed by atoms with Gasteiger partial charge in [0.05, 0.1) is 5.60 Å². The molecule has 5 nitrogen and oxygen atoms in total. The number of hydrogen-bond donors (Lipinski definition) is 1. The fraction of sp³-hybridized carbons (Fsp3) is 0.333. The van der Waals surface area contributed by atoms with Crippen molar-refractivity contribution < 1.29 is 14.3 Å². The molecule has 112 valence electrons. The maximum absolute atomic E-state index is 14.1. The molecule has 1 amide bonds. The van der Waals surface area contributed by atoms with E-state index in [1.165, 1.54) is 21.7 Å². The number of nitrogens with zero attached hydrogens (tertiary/aromatic N) is 3. The molecule has 2 aromatic rings. The minimum Gasteiger partial charge on any atom is -0.389 e. The predicted molar refractivity (Wildman–Crippen MR) is 76.8 cm³/mol. The standard InChI is InChI=1S/C15H18FN3O2/c1-15(2,21)10-18(3)14(20)11-5-6-13(12(16)9-11)19-8-4-7-17-19/h4-9,21H,10H2,1-3H3. The molecule has 2 rings (SSSR count). The molecule has 0 atom stereocenters. The fourth-order valence-electron chi connectivity index (χ4n) is 2.11. The summed E-state index contributed by atoms with van der Waals surface area (Å²) in [5.41, 5.74) is -0.491. The molecule has 0 bridgehead atoms. The molecule has 1 aromatic heterocycles. The molecule has 0 saturated carbocycles. The van der Waals surface area contributed by atoms with E-state index >= 15 is 0 Å². The molecule has 21 heavy (non-hydrogen) atoms. The van der Waals surface area contributed by atoms with Gasteiger partial charge >= 0.3 is 0 Å². The van der Waals surface area contributed by atoms with E-state index < -0.39 is 11.4 Å². The normalized spacial score (nSPS) is 11.5. The largest absolute Gasteiger partial charge is 0.389 e. The van der Waals surface area contributed by atoms with Crippen molar-refractivity contribution >= 4 is 5.91 Å². The van der Waals surface area contributed by atoms with Crippen LogP contribution in [0.15, 0.2) is 36.7 Å². The lowest BCUT2D eigenvalue weighted by Crippen LogP contribution is -2.39. The third-order valence-corrected chi connectivity index (χ3v) is 2.92. The number of halogens is 1. The molecule has 0 spiro atoms. The van der Waals surface area contributed by atoms with Crippen LogP contribution in [0.1, 0.15) is 24.2 Å². The van der Waals surface area contributed by atoms with Crippen molar-refractivity contribution in [2.45, 2.75) is 19.4 Å². The fourth-order valence-corrected chi connectivity index (χ4v) is 2.11. The Hall–Kier alpha value is -2.21. The summed E-state index contributed by atoms with van der Waals surface area (Å²) in [5, 5.41) is 13.7. The first-order valence-electron chi connectivity index (χ1n) is 6.55. The Balaban J connectivity index is 2.22. The Morgan fingerprint density at radius 3 is 2.71 bits per heavy atom. The van der Waals surface area contributed by atoms with Crippen molar-refractivity contribution in [2.24, 2.45) is 0 Å². The van der Waals surface area contributed by atoms with Crippen molar-refractivity contribution in [3.63, 3.8) is 0 Å². The van der Waals surface area contributed by atoms with Gasteiger partial charge in [0.25, 0.3) is 5.91 Å². The molecule has 0 radical (unpaired) electrons. The Bertz CT molecular complexity index is 633. The molecule has 1 N–H and O–H groups in total. The quantitative estimate of drug-likeness (QED) is 0.935. The molecule has 1 heterocycles. The molecule has 0 aliphatic carbocycles. The van der Waals surface area contributed by atoms with Gasteiger partial charge in [-0.25, -0.2) is 9.07 Å². The van der Waals surface area contributed by atoms with Gasteiger partial charge in [-0.1, -0.05) is 0 Å². The van der Waals surface area contributed by atoms with Gasteiger partial charge < -0.3 is 10.0 Å². The van der Waals surface area contributed by atoms with E-state index in [1.807, 2.05) is 0 Å². The van der Waals surface area contributed by atoms with Gasteiger partial charge in [-0.05, 0) is 38.1 Å². The van der Waals surface area contributed by atoms with Crippen LogP contribution in [0.4, 0.5) is 4.39 Å². The van der Waals surface area contributed by atoms with Gasteiger partial charge in [0.1, 0.15) is 11.5 Å². The zero-order valence-electron chi connectivity index (χ0n) is 12.2. The summed E-state index contributed by atoms with van der Waals surface area (Å²) in [6.07, 6.45) is 3.18. The molecule has 1 aromatic carbocycles. The molecule has 0 aliphatic heterocycles. The Morgan fingerprint density at radius 2 is 2.19 bits per heavy atom. The summed E-state index contributed by atoms with van der Waals surface area (Å²) in [6.45, 7) is 3.38. The number of benzene rings is 1. The third-order valence-electron chi connectivity index (χ3n) is 2.92. The topological polar surface area (TPSA) is 58.4 Å². The number of carbonyl (C=O) groups is 1. The SMILES string of the molecule is CN(CC(C)(C)O)C(=O)c1ccc(-n2cccn2)c(F)c1. The first-order chi connectivity index (χ1) is 9.78. The van der Waals surface area contributed by atoms with E-state index in [2.05, 4.69) is 5.10 Å². The highest BCUT2D eigenvalue weighted by molar-refractivity contribution is 5.94. The highest BCUT2D eigenvalue weighted by Gasteiger charge is 2.21. The van der Waals surface area contributed by atoms with Gasteiger partial charge in [0, 0.05) is 31.5 Å². The summed E-state index contributed by atoms with van der Waals surface area (Å²) in [4.78, 5) is 13.6. The van der Waals surface area contributed by atoms with Crippen LogP contribution >= 0.6 is 0 Å². The Morgan fingerprint density at radius 1 is 1.48 bits per heavy atom. The van der Waals surface area contributed by atoms with Crippen LogP contribution in [-0.4, -0.2) is 44.9 Å². The first kappa shape index (κ1) is 15.2. The molecule has 0 aliphatic rings. The molecule has 6 heteroatoms. The molecule has 0 saturated heterocycles. The maximum atomic E-state index is 14.1. The van der Waals surface area contributed by atoms with Crippen molar-refractivity contribution in [2.75, 3.05) is 13.6 Å². The summed E-state index contributed by atoms with van der Waals surface area (Å²) >= 11 is 0. The average molecular weight is 291 g/mol. The van der Waals surface area contributed by atoms with E-state index in [4.69, 9.17) is 0 Å².